The van der Waals surface area contributed by atoms with Gasteiger partial charge in [0, 0.05) is 57.7 Å². The highest BCUT2D eigenvalue weighted by atomic mass is 127. The zero-order chi connectivity index (χ0) is 20.9. The lowest BCUT2D eigenvalue weighted by atomic mass is 10.0. The first-order chi connectivity index (χ1) is 14.6. The van der Waals surface area contributed by atoms with Gasteiger partial charge in [-0.2, -0.15) is 5.10 Å². The van der Waals surface area contributed by atoms with Gasteiger partial charge in [-0.25, -0.2) is 9.98 Å². The number of nitrogens with zero attached hydrogens (tertiary/aromatic N) is 6. The Kier molecular flexibility index (Phi) is 8.11. The summed E-state index contributed by atoms with van der Waals surface area (Å²) in [5.41, 5.74) is 3.81. The summed E-state index contributed by atoms with van der Waals surface area (Å²) in [6.45, 7) is 8.54. The molecule has 1 aliphatic rings. The minimum Gasteiger partial charge on any atom is -0.357 e. The minimum atomic E-state index is 0. The first-order valence-electron chi connectivity index (χ1n) is 10.7. The first-order valence-corrected chi connectivity index (χ1v) is 10.7. The Morgan fingerprint density at radius 1 is 1.29 bits per heavy atom. The van der Waals surface area contributed by atoms with Gasteiger partial charge in [0.25, 0.3) is 0 Å². The van der Waals surface area contributed by atoms with Gasteiger partial charge in [-0.05, 0) is 37.0 Å². The number of halogens is 1. The zero-order valence-corrected chi connectivity index (χ0v) is 20.9. The summed E-state index contributed by atoms with van der Waals surface area (Å²) in [7, 11) is 1.98. The fourth-order valence-electron chi connectivity index (χ4n) is 4.06. The van der Waals surface area contributed by atoms with Crippen molar-refractivity contribution in [3.63, 3.8) is 0 Å². The Balaban J connectivity index is 0.00000272. The number of hydrogen-bond donors (Lipinski definition) is 1. The Labute approximate surface area is 201 Å². The fraction of sp³-hybridized carbons (Fsp3) is 0.435. The van der Waals surface area contributed by atoms with Gasteiger partial charge < -0.3 is 14.8 Å². The number of hydrogen-bond acceptors (Lipinski definition) is 3. The second kappa shape index (κ2) is 10.8. The van der Waals surface area contributed by atoms with Crippen molar-refractivity contribution in [2.45, 2.75) is 39.3 Å². The van der Waals surface area contributed by atoms with Gasteiger partial charge in [0.15, 0.2) is 5.96 Å². The van der Waals surface area contributed by atoms with E-state index in [9.17, 15) is 0 Å². The maximum atomic E-state index is 4.95. The molecule has 1 unspecified atom stereocenters. The third-order valence-corrected chi connectivity index (χ3v) is 5.70. The molecule has 166 valence electrons. The number of aromatic nitrogens is 4. The second-order valence-corrected chi connectivity index (χ2v) is 7.97. The molecule has 1 N–H and O–H groups in total. The maximum absolute atomic E-state index is 4.95. The van der Waals surface area contributed by atoms with E-state index in [-0.39, 0.29) is 24.0 Å². The lowest BCUT2D eigenvalue weighted by Crippen LogP contribution is -2.40. The number of nitrogens with one attached hydrogen (secondary N) is 1. The van der Waals surface area contributed by atoms with Crippen molar-refractivity contribution >= 4 is 29.9 Å². The van der Waals surface area contributed by atoms with Crippen molar-refractivity contribution in [3.05, 3.63) is 71.6 Å². The van der Waals surface area contributed by atoms with E-state index in [1.807, 2.05) is 37.2 Å². The molecule has 1 saturated heterocycles. The molecule has 3 heterocycles. The molecule has 0 radical (unpaired) electrons. The van der Waals surface area contributed by atoms with Crippen LogP contribution in [0.4, 0.5) is 0 Å². The standard InChI is InChI=1S/C23H31N7.HI/c1-4-24-23(30-10-8-21(17-30)22-14-27-28(3)16-22)26-13-19-6-5-7-20(12-19)15-29-11-9-25-18(29)2;/h5-7,9,11-12,14,16,21H,4,8,10,13,15,17H2,1-3H3,(H,24,26);1H. The predicted molar refractivity (Wildman–Crippen MR) is 135 cm³/mol. The summed E-state index contributed by atoms with van der Waals surface area (Å²) >= 11 is 0. The topological polar surface area (TPSA) is 63.3 Å². The molecule has 1 atom stereocenters. The number of guanidine groups is 1. The third-order valence-electron chi connectivity index (χ3n) is 5.70. The van der Waals surface area contributed by atoms with E-state index in [0.29, 0.717) is 12.5 Å². The molecule has 1 fully saturated rings. The smallest absolute Gasteiger partial charge is 0.194 e. The lowest BCUT2D eigenvalue weighted by molar-refractivity contribution is 0.486. The quantitative estimate of drug-likeness (QED) is 0.299. The third kappa shape index (κ3) is 5.87. The summed E-state index contributed by atoms with van der Waals surface area (Å²) in [4.78, 5) is 11.6. The number of aryl methyl sites for hydroxylation is 2. The SMILES string of the molecule is CCNC(=NCc1cccc(Cn2ccnc2C)c1)N1CCC(c2cnn(C)c2)C1.I. The van der Waals surface area contributed by atoms with Crippen LogP contribution in [0.5, 0.6) is 0 Å². The van der Waals surface area contributed by atoms with E-state index in [0.717, 1.165) is 44.4 Å². The number of likely N-dealkylation sites (tertiary alicyclic amines) is 1. The molecule has 4 rings (SSSR count). The highest BCUT2D eigenvalue weighted by Crippen LogP contribution is 2.26. The summed E-state index contributed by atoms with van der Waals surface area (Å²) < 4.78 is 4.05. The van der Waals surface area contributed by atoms with Crippen LogP contribution in [0.3, 0.4) is 0 Å². The van der Waals surface area contributed by atoms with Crippen LogP contribution >= 0.6 is 24.0 Å². The lowest BCUT2D eigenvalue weighted by Gasteiger charge is -2.21. The average Bonchev–Trinajstić information content (AvgIpc) is 3.48. The Hall–Kier alpha value is -2.36. The normalized spacial score (nSPS) is 16.4. The van der Waals surface area contributed by atoms with Crippen molar-refractivity contribution in [2.24, 2.45) is 12.0 Å². The van der Waals surface area contributed by atoms with E-state index in [1.165, 1.54) is 16.7 Å². The summed E-state index contributed by atoms with van der Waals surface area (Å²) in [5.74, 6) is 2.55. The minimum absolute atomic E-state index is 0. The van der Waals surface area contributed by atoms with Gasteiger partial charge in [-0.1, -0.05) is 24.3 Å². The Morgan fingerprint density at radius 2 is 2.13 bits per heavy atom. The predicted octanol–water partition coefficient (Wildman–Crippen LogP) is 3.55. The molecule has 0 spiro atoms. The first kappa shape index (κ1) is 23.3. The van der Waals surface area contributed by atoms with Crippen LogP contribution in [-0.4, -0.2) is 49.8 Å². The molecular weight excluding hydrogens is 501 g/mol. The van der Waals surface area contributed by atoms with E-state index >= 15 is 0 Å². The largest absolute Gasteiger partial charge is 0.357 e. The molecular formula is C23H32IN7. The molecule has 1 aromatic carbocycles. The molecule has 1 aliphatic heterocycles. The molecule has 0 bridgehead atoms. The van der Waals surface area contributed by atoms with E-state index in [1.54, 1.807) is 0 Å². The van der Waals surface area contributed by atoms with Gasteiger partial charge in [-0.15, -0.1) is 24.0 Å². The molecule has 0 saturated carbocycles. The van der Waals surface area contributed by atoms with E-state index < -0.39 is 0 Å². The Morgan fingerprint density at radius 3 is 2.84 bits per heavy atom. The molecule has 0 aliphatic carbocycles. The maximum Gasteiger partial charge on any atom is 0.194 e. The van der Waals surface area contributed by atoms with Crippen LogP contribution in [0.1, 0.15) is 41.8 Å². The van der Waals surface area contributed by atoms with Gasteiger partial charge in [0.1, 0.15) is 5.82 Å². The van der Waals surface area contributed by atoms with Gasteiger partial charge in [0.05, 0.1) is 12.7 Å². The van der Waals surface area contributed by atoms with E-state index in [2.05, 4.69) is 62.3 Å². The average molecular weight is 533 g/mol. The molecule has 8 heteroatoms. The zero-order valence-electron chi connectivity index (χ0n) is 18.5. The highest BCUT2D eigenvalue weighted by Gasteiger charge is 2.26. The monoisotopic (exact) mass is 533 g/mol. The summed E-state index contributed by atoms with van der Waals surface area (Å²) in [6, 6.07) is 8.68. The van der Waals surface area contributed by atoms with Gasteiger partial charge >= 0.3 is 0 Å². The van der Waals surface area contributed by atoms with Crippen molar-refractivity contribution < 1.29 is 0 Å². The van der Waals surface area contributed by atoms with Crippen molar-refractivity contribution in [1.82, 2.24) is 29.5 Å². The van der Waals surface area contributed by atoms with Crippen LogP contribution < -0.4 is 5.32 Å². The number of imidazole rings is 1. The summed E-state index contributed by atoms with van der Waals surface area (Å²) in [6.07, 6.45) is 9.13. The van der Waals surface area contributed by atoms with Crippen LogP contribution in [0.2, 0.25) is 0 Å². The molecule has 7 nitrogen and oxygen atoms in total. The van der Waals surface area contributed by atoms with Crippen molar-refractivity contribution in [1.29, 1.82) is 0 Å². The van der Waals surface area contributed by atoms with Gasteiger partial charge in [0.2, 0.25) is 0 Å². The molecule has 3 aromatic rings. The fourth-order valence-corrected chi connectivity index (χ4v) is 4.06. The molecule has 31 heavy (non-hydrogen) atoms. The van der Waals surface area contributed by atoms with Gasteiger partial charge in [-0.3, -0.25) is 4.68 Å². The second-order valence-electron chi connectivity index (χ2n) is 7.97. The number of aliphatic imine (C=N–C) groups is 1. The number of rotatable bonds is 6. The molecule has 2 aromatic heterocycles. The van der Waals surface area contributed by atoms with E-state index in [4.69, 9.17) is 4.99 Å². The van der Waals surface area contributed by atoms with Crippen molar-refractivity contribution in [2.75, 3.05) is 19.6 Å². The van der Waals surface area contributed by atoms with Crippen LogP contribution in [0, 0.1) is 6.92 Å². The Bertz CT molecular complexity index is 1010. The van der Waals surface area contributed by atoms with Crippen LogP contribution in [-0.2, 0) is 20.1 Å². The highest BCUT2D eigenvalue weighted by molar-refractivity contribution is 14.0. The van der Waals surface area contributed by atoms with Crippen molar-refractivity contribution in [3.8, 4) is 0 Å². The molecule has 0 amide bonds. The number of benzene rings is 1. The van der Waals surface area contributed by atoms with Crippen LogP contribution in [0.15, 0.2) is 54.0 Å². The summed E-state index contributed by atoms with van der Waals surface area (Å²) in [5, 5.41) is 7.80. The van der Waals surface area contributed by atoms with Crippen LogP contribution in [0.25, 0.3) is 0 Å².